The Morgan fingerprint density at radius 2 is 0.734 bits per heavy atom. The number of allylic oxidation sites excluding steroid dienone is 4. The van der Waals surface area contributed by atoms with Gasteiger partial charge in [0.05, 0.1) is 25.4 Å². The van der Waals surface area contributed by atoms with Gasteiger partial charge in [0, 0.05) is 12.8 Å². The van der Waals surface area contributed by atoms with Gasteiger partial charge in [-0.1, -0.05) is 244 Å². The topological polar surface area (TPSA) is 95.9 Å². The minimum atomic E-state index is -0.672. The Morgan fingerprint density at radius 1 is 0.422 bits per heavy atom. The maximum Gasteiger partial charge on any atom is 0.305 e. The molecule has 6 heteroatoms. The molecule has 0 spiro atoms. The third kappa shape index (κ3) is 49.8. The van der Waals surface area contributed by atoms with Gasteiger partial charge in [0.2, 0.25) is 5.91 Å². The van der Waals surface area contributed by atoms with Crippen LogP contribution in [-0.2, 0) is 14.3 Å². The molecule has 0 radical (unpaired) electrons. The molecule has 0 aromatic rings. The molecule has 0 bridgehead atoms. The van der Waals surface area contributed by atoms with Crippen molar-refractivity contribution >= 4 is 11.9 Å². The van der Waals surface area contributed by atoms with Gasteiger partial charge in [-0.2, -0.15) is 0 Å². The van der Waals surface area contributed by atoms with Gasteiger partial charge >= 0.3 is 5.97 Å². The Morgan fingerprint density at radius 3 is 1.12 bits per heavy atom. The van der Waals surface area contributed by atoms with Crippen molar-refractivity contribution in [3.63, 3.8) is 0 Å². The lowest BCUT2D eigenvalue weighted by atomic mass is 10.0. The van der Waals surface area contributed by atoms with Crippen LogP contribution >= 0.6 is 0 Å². The summed E-state index contributed by atoms with van der Waals surface area (Å²) in [6.45, 7) is 4.92. The Kier molecular flexibility index (Phi) is 52.6. The molecule has 0 saturated carbocycles. The van der Waals surface area contributed by atoms with Gasteiger partial charge in [-0.15, -0.1) is 0 Å². The Balaban J connectivity index is 3.46. The molecule has 0 heterocycles. The van der Waals surface area contributed by atoms with Crippen molar-refractivity contribution in [3.8, 4) is 0 Å². The number of aliphatic hydroxyl groups is 2. The van der Waals surface area contributed by atoms with Gasteiger partial charge in [0.1, 0.15) is 0 Å². The molecule has 3 N–H and O–H groups in total. The highest BCUT2D eigenvalue weighted by molar-refractivity contribution is 5.76. The number of esters is 1. The summed E-state index contributed by atoms with van der Waals surface area (Å²) in [6.07, 6.45) is 64.5. The lowest BCUT2D eigenvalue weighted by Gasteiger charge is -2.22. The fraction of sp³-hybridized carbons (Fsp3) is 0.897. The number of amides is 1. The molecule has 1 amide bonds. The van der Waals surface area contributed by atoms with E-state index < -0.39 is 12.1 Å². The zero-order valence-corrected chi connectivity index (χ0v) is 43.0. The van der Waals surface area contributed by atoms with Crippen molar-refractivity contribution < 1.29 is 24.5 Å². The quantitative estimate of drug-likeness (QED) is 0.0321. The highest BCUT2D eigenvalue weighted by Gasteiger charge is 2.20. The number of ether oxygens (including phenoxy) is 1. The van der Waals surface area contributed by atoms with E-state index >= 15 is 0 Å². The van der Waals surface area contributed by atoms with Crippen molar-refractivity contribution in [2.45, 2.75) is 321 Å². The van der Waals surface area contributed by atoms with Crippen LogP contribution in [0, 0.1) is 0 Å². The molecule has 0 aliphatic carbocycles. The molecule has 0 aliphatic heterocycles. The first-order valence-corrected chi connectivity index (χ1v) is 28.6. The van der Waals surface area contributed by atoms with Crippen LogP contribution in [0.1, 0.15) is 309 Å². The van der Waals surface area contributed by atoms with Crippen LogP contribution in [-0.4, -0.2) is 47.4 Å². The number of hydrogen-bond donors (Lipinski definition) is 3. The molecule has 0 aromatic carbocycles. The molecular weight excluding hydrogens is 791 g/mol. The number of unbranched alkanes of at least 4 members (excludes halogenated alkanes) is 38. The van der Waals surface area contributed by atoms with Crippen LogP contribution < -0.4 is 5.32 Å². The smallest absolute Gasteiger partial charge is 0.305 e. The van der Waals surface area contributed by atoms with Crippen LogP contribution in [0.15, 0.2) is 24.3 Å². The van der Waals surface area contributed by atoms with Crippen LogP contribution in [0.2, 0.25) is 0 Å². The zero-order chi connectivity index (χ0) is 46.5. The van der Waals surface area contributed by atoms with E-state index in [1.807, 2.05) is 0 Å². The lowest BCUT2D eigenvalue weighted by molar-refractivity contribution is -0.143. The monoisotopic (exact) mass is 902 g/mol. The first kappa shape index (κ1) is 62.3. The number of hydrogen-bond acceptors (Lipinski definition) is 5. The predicted octanol–water partition coefficient (Wildman–Crippen LogP) is 17.5. The molecule has 2 atom stereocenters. The van der Waals surface area contributed by atoms with Crippen LogP contribution in [0.25, 0.3) is 0 Å². The summed E-state index contributed by atoms with van der Waals surface area (Å²) >= 11 is 0. The fourth-order valence-corrected chi connectivity index (χ4v) is 8.81. The van der Waals surface area contributed by atoms with Crippen molar-refractivity contribution in [1.82, 2.24) is 5.32 Å². The van der Waals surface area contributed by atoms with E-state index in [-0.39, 0.29) is 18.5 Å². The normalized spacial score (nSPS) is 12.8. The standard InChI is InChI=1S/C58H111NO5/c1-3-5-7-9-11-13-15-17-18-20-23-27-30-34-38-42-46-50-56(61)55(54-60)59-57(62)51-47-43-39-35-31-28-24-21-19-22-25-29-33-37-41-45-49-53-64-58(63)52-48-44-40-36-32-26-16-14-12-10-8-6-4-2/h14,16,19,22,55-56,60-61H,3-13,15,17-18,20-21,23-54H2,1-2H3,(H,59,62)/b16-14-,22-19-. The van der Waals surface area contributed by atoms with E-state index in [9.17, 15) is 19.8 Å². The molecule has 0 fully saturated rings. The van der Waals surface area contributed by atoms with E-state index in [1.54, 1.807) is 0 Å². The molecule has 2 unspecified atom stereocenters. The molecule has 64 heavy (non-hydrogen) atoms. The molecule has 0 aromatic heterocycles. The SMILES string of the molecule is CCCCCC/C=C\CCCCCCCC(=O)OCCCCCCCC/C=C\CCCCCCCCCC(=O)NC(CO)C(O)CCCCCCCCCCCCCCCCCCC. The summed E-state index contributed by atoms with van der Waals surface area (Å²) in [4.78, 5) is 24.5. The molecule has 378 valence electrons. The maximum atomic E-state index is 12.5. The second kappa shape index (κ2) is 54.0. The second-order valence-electron chi connectivity index (χ2n) is 19.6. The molecule has 6 nitrogen and oxygen atoms in total. The third-order valence-electron chi connectivity index (χ3n) is 13.2. The summed E-state index contributed by atoms with van der Waals surface area (Å²) in [5, 5.41) is 23.3. The summed E-state index contributed by atoms with van der Waals surface area (Å²) in [6, 6.07) is -0.550. The minimum absolute atomic E-state index is 0.0108. The summed E-state index contributed by atoms with van der Waals surface area (Å²) in [5.41, 5.74) is 0. The van der Waals surface area contributed by atoms with E-state index in [0.717, 1.165) is 57.8 Å². The van der Waals surface area contributed by atoms with Crippen LogP contribution in [0.5, 0.6) is 0 Å². The number of aliphatic hydroxyl groups excluding tert-OH is 2. The molecule has 0 rings (SSSR count). The predicted molar refractivity (Wildman–Crippen MR) is 278 cm³/mol. The van der Waals surface area contributed by atoms with Gasteiger partial charge in [0.25, 0.3) is 0 Å². The highest BCUT2D eigenvalue weighted by Crippen LogP contribution is 2.17. The van der Waals surface area contributed by atoms with E-state index in [1.165, 1.54) is 218 Å². The third-order valence-corrected chi connectivity index (χ3v) is 13.2. The average molecular weight is 903 g/mol. The fourth-order valence-electron chi connectivity index (χ4n) is 8.81. The number of carbonyl (C=O) groups is 2. The van der Waals surface area contributed by atoms with E-state index in [2.05, 4.69) is 43.5 Å². The van der Waals surface area contributed by atoms with E-state index in [4.69, 9.17) is 4.74 Å². The lowest BCUT2D eigenvalue weighted by Crippen LogP contribution is -2.45. The molecular formula is C58H111NO5. The first-order chi connectivity index (χ1) is 31.5. The van der Waals surface area contributed by atoms with Crippen molar-refractivity contribution in [2.75, 3.05) is 13.2 Å². The van der Waals surface area contributed by atoms with Gasteiger partial charge < -0.3 is 20.3 Å². The largest absolute Gasteiger partial charge is 0.466 e. The Hall–Kier alpha value is -1.66. The maximum absolute atomic E-state index is 12.5. The number of carbonyl (C=O) groups excluding carboxylic acids is 2. The second-order valence-corrected chi connectivity index (χ2v) is 19.6. The van der Waals surface area contributed by atoms with Gasteiger partial charge in [0.15, 0.2) is 0 Å². The van der Waals surface area contributed by atoms with Gasteiger partial charge in [-0.25, -0.2) is 0 Å². The van der Waals surface area contributed by atoms with Crippen LogP contribution in [0.3, 0.4) is 0 Å². The van der Waals surface area contributed by atoms with Crippen LogP contribution in [0.4, 0.5) is 0 Å². The minimum Gasteiger partial charge on any atom is -0.466 e. The summed E-state index contributed by atoms with van der Waals surface area (Å²) < 4.78 is 5.46. The average Bonchev–Trinajstić information content (AvgIpc) is 3.29. The van der Waals surface area contributed by atoms with E-state index in [0.29, 0.717) is 25.9 Å². The van der Waals surface area contributed by atoms with Gasteiger partial charge in [-0.05, 0) is 77.0 Å². The summed E-state index contributed by atoms with van der Waals surface area (Å²) in [7, 11) is 0. The molecule has 0 saturated heterocycles. The number of nitrogens with one attached hydrogen (secondary N) is 1. The van der Waals surface area contributed by atoms with Crippen molar-refractivity contribution in [3.05, 3.63) is 24.3 Å². The molecule has 0 aliphatic rings. The Bertz CT molecular complexity index is 997. The van der Waals surface area contributed by atoms with Crippen molar-refractivity contribution in [1.29, 1.82) is 0 Å². The highest BCUT2D eigenvalue weighted by atomic mass is 16.5. The number of rotatable bonds is 53. The zero-order valence-electron chi connectivity index (χ0n) is 43.0. The van der Waals surface area contributed by atoms with Crippen molar-refractivity contribution in [2.24, 2.45) is 0 Å². The van der Waals surface area contributed by atoms with Gasteiger partial charge in [-0.3, -0.25) is 9.59 Å². The Labute approximate surface area is 399 Å². The summed E-state index contributed by atoms with van der Waals surface area (Å²) in [5.74, 6) is -0.0563. The first-order valence-electron chi connectivity index (χ1n) is 28.6.